The standard InChI is InChI=1S/C28H32N4O3/c29-25(30)14-8-7-13-24(27(34)31-19-20-15-17-23(33)18-16-20)32-28(35)26(21-9-3-1-4-10-21)22-11-5-2-6-12-22/h1-6,9-12,15-18,24,26,33H,7-8,13-14,19H2,(H3,29,30)(H,31,34)(H,32,35). The lowest BCUT2D eigenvalue weighted by Crippen LogP contribution is -2.48. The minimum absolute atomic E-state index is 0.107. The number of phenols is 1. The molecule has 0 bridgehead atoms. The van der Waals surface area contributed by atoms with Gasteiger partial charge in [0.25, 0.3) is 0 Å². The van der Waals surface area contributed by atoms with Crippen LogP contribution in [0.2, 0.25) is 0 Å². The Balaban J connectivity index is 1.75. The van der Waals surface area contributed by atoms with E-state index in [0.29, 0.717) is 25.7 Å². The second-order valence-electron chi connectivity index (χ2n) is 8.47. The van der Waals surface area contributed by atoms with E-state index in [-0.39, 0.29) is 29.9 Å². The molecule has 1 unspecified atom stereocenters. The first kappa shape index (κ1) is 25.5. The van der Waals surface area contributed by atoms with E-state index in [1.807, 2.05) is 60.7 Å². The third kappa shape index (κ3) is 7.99. The van der Waals surface area contributed by atoms with Gasteiger partial charge in [0.1, 0.15) is 11.8 Å². The number of benzene rings is 3. The first-order chi connectivity index (χ1) is 16.9. The molecule has 0 saturated heterocycles. The third-order valence-electron chi connectivity index (χ3n) is 5.75. The van der Waals surface area contributed by atoms with Gasteiger partial charge in [-0.3, -0.25) is 15.0 Å². The van der Waals surface area contributed by atoms with Crippen LogP contribution in [0.5, 0.6) is 5.75 Å². The minimum atomic E-state index is -0.735. The van der Waals surface area contributed by atoms with Gasteiger partial charge in [-0.05, 0) is 41.7 Å². The van der Waals surface area contributed by atoms with E-state index in [9.17, 15) is 14.7 Å². The monoisotopic (exact) mass is 472 g/mol. The summed E-state index contributed by atoms with van der Waals surface area (Å²) in [5.74, 6) is -0.825. The van der Waals surface area contributed by atoms with Crippen molar-refractivity contribution in [3.8, 4) is 5.75 Å². The molecule has 0 heterocycles. The van der Waals surface area contributed by atoms with Crippen LogP contribution >= 0.6 is 0 Å². The van der Waals surface area contributed by atoms with Crippen molar-refractivity contribution in [2.24, 2.45) is 5.73 Å². The summed E-state index contributed by atoms with van der Waals surface area (Å²) in [6.07, 6.45) is 2.18. The van der Waals surface area contributed by atoms with Gasteiger partial charge in [0.05, 0.1) is 11.8 Å². The van der Waals surface area contributed by atoms with Gasteiger partial charge in [-0.1, -0.05) is 79.2 Å². The Bertz CT molecular complexity index is 1060. The van der Waals surface area contributed by atoms with Crippen molar-refractivity contribution in [3.05, 3.63) is 102 Å². The molecule has 35 heavy (non-hydrogen) atoms. The van der Waals surface area contributed by atoms with Crippen molar-refractivity contribution >= 4 is 17.6 Å². The van der Waals surface area contributed by atoms with Gasteiger partial charge in [0.15, 0.2) is 0 Å². The Morgan fingerprint density at radius 2 is 1.40 bits per heavy atom. The molecule has 0 saturated carbocycles. The summed E-state index contributed by atoms with van der Waals surface area (Å²) in [6, 6.07) is 24.8. The second kappa shape index (κ2) is 12.9. The normalized spacial score (nSPS) is 11.6. The number of amidine groups is 1. The average Bonchev–Trinajstić information content (AvgIpc) is 2.86. The zero-order valence-corrected chi connectivity index (χ0v) is 19.6. The summed E-state index contributed by atoms with van der Waals surface area (Å²) in [4.78, 5) is 26.6. The highest BCUT2D eigenvalue weighted by molar-refractivity contribution is 5.92. The topological polar surface area (TPSA) is 128 Å². The van der Waals surface area contributed by atoms with Gasteiger partial charge in [-0.15, -0.1) is 0 Å². The highest BCUT2D eigenvalue weighted by Gasteiger charge is 2.27. The van der Waals surface area contributed by atoms with Gasteiger partial charge < -0.3 is 21.5 Å². The SMILES string of the molecule is N=C(N)CCCCC(NC(=O)C(c1ccccc1)c1ccccc1)C(=O)NCc1ccc(O)cc1. The molecule has 7 heteroatoms. The van der Waals surface area contributed by atoms with Crippen LogP contribution in [0.25, 0.3) is 0 Å². The highest BCUT2D eigenvalue weighted by Crippen LogP contribution is 2.25. The molecule has 1 atom stereocenters. The number of rotatable bonds is 12. The molecular weight excluding hydrogens is 440 g/mol. The number of carbonyl (C=O) groups is 2. The van der Waals surface area contributed by atoms with Crippen LogP contribution in [0.1, 0.15) is 48.3 Å². The van der Waals surface area contributed by atoms with Crippen LogP contribution in [0.4, 0.5) is 0 Å². The van der Waals surface area contributed by atoms with Gasteiger partial charge >= 0.3 is 0 Å². The lowest BCUT2D eigenvalue weighted by atomic mass is 9.90. The number of aromatic hydroxyl groups is 1. The lowest BCUT2D eigenvalue weighted by Gasteiger charge is -2.23. The van der Waals surface area contributed by atoms with E-state index < -0.39 is 12.0 Å². The van der Waals surface area contributed by atoms with Crippen molar-refractivity contribution in [3.63, 3.8) is 0 Å². The second-order valence-corrected chi connectivity index (χ2v) is 8.47. The first-order valence-electron chi connectivity index (χ1n) is 11.7. The van der Waals surface area contributed by atoms with E-state index in [4.69, 9.17) is 11.1 Å². The van der Waals surface area contributed by atoms with Crippen LogP contribution in [0.3, 0.4) is 0 Å². The first-order valence-corrected chi connectivity index (χ1v) is 11.7. The number of unbranched alkanes of at least 4 members (excludes halogenated alkanes) is 1. The molecule has 2 amide bonds. The van der Waals surface area contributed by atoms with Crippen LogP contribution in [-0.4, -0.2) is 28.8 Å². The minimum Gasteiger partial charge on any atom is -0.508 e. The third-order valence-corrected chi connectivity index (χ3v) is 5.75. The fraction of sp³-hybridized carbons (Fsp3) is 0.250. The van der Waals surface area contributed by atoms with E-state index in [1.165, 1.54) is 0 Å². The van der Waals surface area contributed by atoms with Gasteiger partial charge in [-0.25, -0.2) is 0 Å². The van der Waals surface area contributed by atoms with E-state index in [1.54, 1.807) is 24.3 Å². The number of phenolic OH excluding ortho intramolecular Hbond substituents is 1. The molecular formula is C28H32N4O3. The molecule has 6 N–H and O–H groups in total. The number of carbonyl (C=O) groups excluding carboxylic acids is 2. The Morgan fingerprint density at radius 3 is 1.94 bits per heavy atom. The molecule has 0 aromatic heterocycles. The predicted molar refractivity (Wildman–Crippen MR) is 137 cm³/mol. The van der Waals surface area contributed by atoms with E-state index in [0.717, 1.165) is 16.7 Å². The summed E-state index contributed by atoms with van der Waals surface area (Å²) in [6.45, 7) is 0.278. The van der Waals surface area contributed by atoms with Crippen molar-refractivity contribution in [2.45, 2.75) is 44.2 Å². The summed E-state index contributed by atoms with van der Waals surface area (Å²) in [7, 11) is 0. The van der Waals surface area contributed by atoms with E-state index >= 15 is 0 Å². The molecule has 3 aromatic rings. The molecule has 0 radical (unpaired) electrons. The molecule has 3 aromatic carbocycles. The van der Waals surface area contributed by atoms with Crippen molar-refractivity contribution in [1.82, 2.24) is 10.6 Å². The van der Waals surface area contributed by atoms with Crippen LogP contribution in [0, 0.1) is 5.41 Å². The smallest absolute Gasteiger partial charge is 0.242 e. The highest BCUT2D eigenvalue weighted by atomic mass is 16.3. The summed E-state index contributed by atoms with van der Waals surface area (Å²) in [5.41, 5.74) is 7.98. The molecule has 182 valence electrons. The Morgan fingerprint density at radius 1 is 0.829 bits per heavy atom. The number of nitrogens with one attached hydrogen (secondary N) is 3. The summed E-state index contributed by atoms with van der Waals surface area (Å²) in [5, 5.41) is 22.7. The number of hydrogen-bond donors (Lipinski definition) is 5. The summed E-state index contributed by atoms with van der Waals surface area (Å²) < 4.78 is 0. The fourth-order valence-corrected chi connectivity index (χ4v) is 3.90. The van der Waals surface area contributed by atoms with E-state index in [2.05, 4.69) is 10.6 Å². The zero-order valence-electron chi connectivity index (χ0n) is 19.6. The van der Waals surface area contributed by atoms with Gasteiger partial charge in [0, 0.05) is 13.0 Å². The number of amides is 2. The predicted octanol–water partition coefficient (Wildman–Crippen LogP) is 3.82. The molecule has 0 aliphatic carbocycles. The van der Waals surface area contributed by atoms with Gasteiger partial charge in [0.2, 0.25) is 11.8 Å². The zero-order chi connectivity index (χ0) is 25.0. The quantitative estimate of drug-likeness (QED) is 0.156. The molecule has 7 nitrogen and oxygen atoms in total. The number of nitrogens with two attached hydrogens (primary N) is 1. The van der Waals surface area contributed by atoms with Crippen LogP contribution in [-0.2, 0) is 16.1 Å². The molecule has 3 rings (SSSR count). The average molecular weight is 473 g/mol. The molecule has 0 spiro atoms. The molecule has 0 fully saturated rings. The maximum atomic E-state index is 13.5. The Labute approximate surface area is 205 Å². The van der Waals surface area contributed by atoms with Crippen LogP contribution < -0.4 is 16.4 Å². The maximum absolute atomic E-state index is 13.5. The molecule has 0 aliphatic rings. The van der Waals surface area contributed by atoms with Crippen molar-refractivity contribution < 1.29 is 14.7 Å². The molecule has 0 aliphatic heterocycles. The summed E-state index contributed by atoms with van der Waals surface area (Å²) >= 11 is 0. The van der Waals surface area contributed by atoms with Crippen molar-refractivity contribution in [2.75, 3.05) is 0 Å². The Kier molecular flexibility index (Phi) is 9.42. The fourth-order valence-electron chi connectivity index (χ4n) is 3.90. The lowest BCUT2D eigenvalue weighted by molar-refractivity contribution is -0.129. The largest absolute Gasteiger partial charge is 0.508 e. The Hall–Kier alpha value is -4.13. The van der Waals surface area contributed by atoms with Crippen LogP contribution in [0.15, 0.2) is 84.9 Å². The van der Waals surface area contributed by atoms with Gasteiger partial charge in [-0.2, -0.15) is 0 Å². The number of hydrogen-bond acceptors (Lipinski definition) is 4. The van der Waals surface area contributed by atoms with Crippen molar-refractivity contribution in [1.29, 1.82) is 5.41 Å². The maximum Gasteiger partial charge on any atom is 0.242 e.